The van der Waals surface area contributed by atoms with Crippen LogP contribution in [-0.4, -0.2) is 24.9 Å². The molecule has 0 spiro atoms. The Kier molecular flexibility index (Phi) is 3.58. The Balaban J connectivity index is 1.31. The maximum absolute atomic E-state index is 13.0. The summed E-state index contributed by atoms with van der Waals surface area (Å²) in [5, 5.41) is 13.7. The van der Waals surface area contributed by atoms with Crippen molar-refractivity contribution in [2.45, 2.75) is 48.6 Å². The number of halogens is 1. The average molecular weight is 357 g/mol. The normalized spacial score (nSPS) is 17.2. The minimum atomic E-state index is -0.287. The van der Waals surface area contributed by atoms with Crippen LogP contribution in [0.3, 0.4) is 0 Å². The van der Waals surface area contributed by atoms with E-state index in [1.807, 2.05) is 0 Å². The van der Waals surface area contributed by atoms with Crippen LogP contribution in [0.5, 0.6) is 0 Å². The Bertz CT molecular complexity index is 898. The van der Waals surface area contributed by atoms with Gasteiger partial charge in [0.1, 0.15) is 11.6 Å². The summed E-state index contributed by atoms with van der Waals surface area (Å²) in [6.07, 6.45) is 4.87. The van der Waals surface area contributed by atoms with Crippen molar-refractivity contribution >= 4 is 11.8 Å². The topological polar surface area (TPSA) is 69.6 Å². The van der Waals surface area contributed by atoms with Gasteiger partial charge in [-0.3, -0.25) is 0 Å². The van der Waals surface area contributed by atoms with E-state index in [0.29, 0.717) is 35.0 Å². The Hall–Kier alpha value is -2.22. The smallest absolute Gasteiger partial charge is 0.257 e. The third-order valence-electron chi connectivity index (χ3n) is 4.44. The highest BCUT2D eigenvalue weighted by atomic mass is 32.2. The summed E-state index contributed by atoms with van der Waals surface area (Å²) in [4.78, 5) is 4.39. The third-order valence-corrected chi connectivity index (χ3v) is 5.37. The number of benzene rings is 1. The SMILES string of the molecule is Fc1ccc(-c2nc(CSc3nnc(C4CC4)n3C3CC3)no2)cc1. The monoisotopic (exact) mass is 357 g/mol. The Labute approximate surface area is 147 Å². The van der Waals surface area contributed by atoms with Crippen molar-refractivity contribution in [3.8, 4) is 11.5 Å². The first-order valence-electron chi connectivity index (χ1n) is 8.44. The first-order valence-corrected chi connectivity index (χ1v) is 9.42. The van der Waals surface area contributed by atoms with Crippen molar-refractivity contribution in [1.29, 1.82) is 0 Å². The maximum Gasteiger partial charge on any atom is 0.257 e. The molecule has 0 aliphatic heterocycles. The van der Waals surface area contributed by atoms with Gasteiger partial charge in [-0.05, 0) is 49.9 Å². The molecule has 2 aliphatic carbocycles. The van der Waals surface area contributed by atoms with Crippen molar-refractivity contribution in [3.63, 3.8) is 0 Å². The summed E-state index contributed by atoms with van der Waals surface area (Å²) in [7, 11) is 0. The molecule has 2 fully saturated rings. The molecule has 0 N–H and O–H groups in total. The minimum absolute atomic E-state index is 0.287. The van der Waals surface area contributed by atoms with Crippen molar-refractivity contribution < 1.29 is 8.91 Å². The lowest BCUT2D eigenvalue weighted by Crippen LogP contribution is -2.02. The van der Waals surface area contributed by atoms with Gasteiger partial charge in [-0.25, -0.2) is 4.39 Å². The van der Waals surface area contributed by atoms with E-state index in [4.69, 9.17) is 4.52 Å². The second-order valence-corrected chi connectivity index (χ2v) is 7.47. The molecule has 25 heavy (non-hydrogen) atoms. The summed E-state index contributed by atoms with van der Waals surface area (Å²) in [5.74, 6) is 3.02. The Morgan fingerprint density at radius 2 is 1.92 bits per heavy atom. The van der Waals surface area contributed by atoms with E-state index in [1.54, 1.807) is 23.9 Å². The number of rotatable bonds is 6. The summed E-state index contributed by atoms with van der Waals surface area (Å²) >= 11 is 1.59. The van der Waals surface area contributed by atoms with Crippen LogP contribution >= 0.6 is 11.8 Å². The molecule has 2 aliphatic rings. The zero-order chi connectivity index (χ0) is 16.8. The number of hydrogen-bond donors (Lipinski definition) is 0. The van der Waals surface area contributed by atoms with Crippen LogP contribution in [0, 0.1) is 5.82 Å². The molecular weight excluding hydrogens is 341 g/mol. The van der Waals surface area contributed by atoms with Gasteiger partial charge in [0.05, 0.1) is 5.75 Å². The van der Waals surface area contributed by atoms with Crippen LogP contribution in [-0.2, 0) is 5.75 Å². The van der Waals surface area contributed by atoms with E-state index in [2.05, 4.69) is 24.9 Å². The Morgan fingerprint density at radius 1 is 1.12 bits per heavy atom. The fourth-order valence-electron chi connectivity index (χ4n) is 2.83. The van der Waals surface area contributed by atoms with E-state index >= 15 is 0 Å². The van der Waals surface area contributed by atoms with Crippen LogP contribution in [0.15, 0.2) is 33.9 Å². The molecule has 5 rings (SSSR count). The average Bonchev–Trinajstić information content (AvgIpc) is 3.55. The molecule has 0 bridgehead atoms. The van der Waals surface area contributed by atoms with Crippen LogP contribution in [0.4, 0.5) is 4.39 Å². The maximum atomic E-state index is 13.0. The van der Waals surface area contributed by atoms with E-state index < -0.39 is 0 Å². The fourth-order valence-corrected chi connectivity index (χ4v) is 3.69. The second kappa shape index (κ2) is 5.94. The lowest BCUT2D eigenvalue weighted by molar-refractivity contribution is 0.425. The highest BCUT2D eigenvalue weighted by molar-refractivity contribution is 7.98. The van der Waals surface area contributed by atoms with Gasteiger partial charge in [-0.15, -0.1) is 10.2 Å². The first-order chi connectivity index (χ1) is 12.3. The zero-order valence-corrected chi connectivity index (χ0v) is 14.2. The van der Waals surface area contributed by atoms with Gasteiger partial charge in [0, 0.05) is 17.5 Å². The molecule has 0 saturated heterocycles. The first kappa shape index (κ1) is 15.1. The Morgan fingerprint density at radius 3 is 2.64 bits per heavy atom. The number of nitrogens with zero attached hydrogens (tertiary/aromatic N) is 5. The van der Waals surface area contributed by atoms with E-state index in [9.17, 15) is 4.39 Å². The second-order valence-electron chi connectivity index (χ2n) is 6.53. The molecule has 0 amide bonds. The highest BCUT2D eigenvalue weighted by Gasteiger charge is 2.36. The largest absolute Gasteiger partial charge is 0.334 e. The summed E-state index contributed by atoms with van der Waals surface area (Å²) in [6.45, 7) is 0. The van der Waals surface area contributed by atoms with Crippen molar-refractivity contribution in [2.75, 3.05) is 0 Å². The number of thioether (sulfide) groups is 1. The summed E-state index contributed by atoms with van der Waals surface area (Å²) < 4.78 is 20.6. The molecule has 8 heteroatoms. The standard InChI is InChI=1S/C17H16FN5OS/c18-12-5-3-11(4-6-12)16-19-14(22-24-16)9-25-17-21-20-15(10-1-2-10)23(17)13-7-8-13/h3-6,10,13H,1-2,7-9H2. The van der Waals surface area contributed by atoms with Crippen LogP contribution in [0.2, 0.25) is 0 Å². The number of aromatic nitrogens is 5. The van der Waals surface area contributed by atoms with Gasteiger partial charge in [0.25, 0.3) is 5.89 Å². The minimum Gasteiger partial charge on any atom is -0.334 e. The lowest BCUT2D eigenvalue weighted by atomic mass is 10.2. The van der Waals surface area contributed by atoms with E-state index in [0.717, 1.165) is 11.0 Å². The fraction of sp³-hybridized carbons (Fsp3) is 0.412. The van der Waals surface area contributed by atoms with Crippen molar-refractivity contribution in [1.82, 2.24) is 24.9 Å². The van der Waals surface area contributed by atoms with Crippen LogP contribution in [0.1, 0.15) is 49.3 Å². The van der Waals surface area contributed by atoms with Gasteiger partial charge in [0.2, 0.25) is 0 Å². The van der Waals surface area contributed by atoms with Crippen LogP contribution in [0.25, 0.3) is 11.5 Å². The third kappa shape index (κ3) is 3.06. The van der Waals surface area contributed by atoms with Gasteiger partial charge in [-0.2, -0.15) is 4.98 Å². The van der Waals surface area contributed by atoms with E-state index in [1.165, 1.54) is 37.8 Å². The zero-order valence-electron chi connectivity index (χ0n) is 13.4. The quantitative estimate of drug-likeness (QED) is 0.622. The summed E-state index contributed by atoms with van der Waals surface area (Å²) in [5.41, 5.74) is 0.710. The molecule has 0 atom stereocenters. The molecule has 1 aromatic carbocycles. The van der Waals surface area contributed by atoms with Gasteiger partial charge in [0.15, 0.2) is 11.0 Å². The predicted molar refractivity (Wildman–Crippen MR) is 89.5 cm³/mol. The predicted octanol–water partition coefficient (Wildman–Crippen LogP) is 3.97. The molecule has 128 valence electrons. The molecule has 0 radical (unpaired) electrons. The molecule has 6 nitrogen and oxygen atoms in total. The molecular formula is C17H16FN5OS. The molecule has 2 heterocycles. The van der Waals surface area contributed by atoms with Gasteiger partial charge in [-0.1, -0.05) is 16.9 Å². The van der Waals surface area contributed by atoms with Gasteiger partial charge >= 0.3 is 0 Å². The molecule has 2 aromatic heterocycles. The molecule has 0 unspecified atom stereocenters. The highest BCUT2D eigenvalue weighted by Crippen LogP contribution is 2.46. The van der Waals surface area contributed by atoms with Crippen molar-refractivity contribution in [2.24, 2.45) is 0 Å². The lowest BCUT2D eigenvalue weighted by Gasteiger charge is -2.06. The number of hydrogen-bond acceptors (Lipinski definition) is 6. The molecule has 2 saturated carbocycles. The summed E-state index contributed by atoms with van der Waals surface area (Å²) in [6, 6.07) is 6.58. The molecule has 3 aromatic rings. The van der Waals surface area contributed by atoms with Gasteiger partial charge < -0.3 is 9.09 Å². The van der Waals surface area contributed by atoms with Crippen molar-refractivity contribution in [3.05, 3.63) is 41.7 Å². The van der Waals surface area contributed by atoms with E-state index in [-0.39, 0.29) is 5.82 Å². The van der Waals surface area contributed by atoms with Crippen LogP contribution < -0.4 is 0 Å².